The van der Waals surface area contributed by atoms with Crippen molar-refractivity contribution >= 4 is 33.9 Å². The van der Waals surface area contributed by atoms with Gasteiger partial charge in [-0.2, -0.15) is 0 Å². The number of thiophene rings is 1. The van der Waals surface area contributed by atoms with E-state index in [4.69, 9.17) is 0 Å². The zero-order valence-electron chi connectivity index (χ0n) is 4.03. The molecule has 1 rings (SSSR count). The molecule has 0 bridgehead atoms. The van der Waals surface area contributed by atoms with Crippen molar-refractivity contribution in [3.8, 4) is 0 Å². The van der Waals surface area contributed by atoms with Gasteiger partial charge in [-0.1, -0.05) is 0 Å². The Morgan fingerprint density at radius 2 is 2.38 bits per heavy atom. The van der Waals surface area contributed by atoms with Gasteiger partial charge in [0.15, 0.2) is 0 Å². The number of alkyl halides is 1. The topological polar surface area (TPSA) is 0 Å². The van der Waals surface area contributed by atoms with Crippen molar-refractivity contribution in [2.75, 3.05) is 0 Å². The van der Waals surface area contributed by atoms with Crippen LogP contribution >= 0.6 is 33.9 Å². The first-order valence-electron chi connectivity index (χ1n) is 2.13. The maximum atomic E-state index is 11.7. The first-order valence-corrected chi connectivity index (χ1v) is 4.02. The summed E-state index contributed by atoms with van der Waals surface area (Å²) in [6.45, 7) is -0.326. The fraction of sp³-hybridized carbons (Fsp3) is 0.200. The molecule has 0 aliphatic carbocycles. The van der Waals surface area contributed by atoms with Crippen LogP contribution in [0.25, 0.3) is 0 Å². The zero-order valence-corrected chi connectivity index (χ0v) is 7.00. The van der Waals surface area contributed by atoms with Crippen molar-refractivity contribution in [1.29, 1.82) is 0 Å². The fourth-order valence-corrected chi connectivity index (χ4v) is 2.03. The second kappa shape index (κ2) is 2.77. The van der Waals surface area contributed by atoms with Gasteiger partial charge in [0, 0.05) is 4.88 Å². The van der Waals surface area contributed by atoms with Crippen molar-refractivity contribution in [3.63, 3.8) is 0 Å². The van der Waals surface area contributed by atoms with Crippen LogP contribution in [0.4, 0.5) is 4.39 Å². The van der Waals surface area contributed by atoms with Gasteiger partial charge in [0.05, 0.1) is 2.88 Å². The minimum absolute atomic E-state index is 0.326. The Morgan fingerprint density at radius 1 is 1.62 bits per heavy atom. The Hall–Kier alpha value is 0.360. The van der Waals surface area contributed by atoms with E-state index in [0.29, 0.717) is 0 Å². The van der Waals surface area contributed by atoms with Gasteiger partial charge in [0.25, 0.3) is 0 Å². The Bertz CT molecular complexity index is 173. The van der Waals surface area contributed by atoms with Crippen LogP contribution < -0.4 is 0 Å². The average Bonchev–Trinajstić information content (AvgIpc) is 2.14. The highest BCUT2D eigenvalue weighted by Gasteiger charge is 1.93. The lowest BCUT2D eigenvalue weighted by atomic mass is 10.5. The van der Waals surface area contributed by atoms with Crippen LogP contribution in [0.3, 0.4) is 0 Å². The van der Waals surface area contributed by atoms with Crippen LogP contribution in [0.1, 0.15) is 4.88 Å². The first-order chi connectivity index (χ1) is 3.83. The molecule has 0 N–H and O–H groups in total. The van der Waals surface area contributed by atoms with E-state index in [1.807, 2.05) is 12.1 Å². The molecular formula is C5H4FIS. The molecule has 3 heteroatoms. The lowest BCUT2D eigenvalue weighted by molar-refractivity contribution is 0.491. The smallest absolute Gasteiger partial charge is 0.124 e. The van der Waals surface area contributed by atoms with Crippen molar-refractivity contribution in [2.45, 2.75) is 6.67 Å². The second-order valence-electron chi connectivity index (χ2n) is 1.34. The molecule has 0 fully saturated rings. The standard InChI is InChI=1S/C5H4FIS/c6-3-4-1-2-5(7)8-4/h1-2H,3H2. The largest absolute Gasteiger partial charge is 0.245 e. The van der Waals surface area contributed by atoms with Gasteiger partial charge in [0.1, 0.15) is 6.67 Å². The molecule has 0 saturated heterocycles. The van der Waals surface area contributed by atoms with E-state index in [1.54, 1.807) is 0 Å². The molecule has 0 aromatic carbocycles. The van der Waals surface area contributed by atoms with Crippen molar-refractivity contribution in [1.82, 2.24) is 0 Å². The molecule has 0 radical (unpaired) electrons. The minimum Gasteiger partial charge on any atom is -0.245 e. The quantitative estimate of drug-likeness (QED) is 0.664. The monoisotopic (exact) mass is 242 g/mol. The van der Waals surface area contributed by atoms with E-state index in [-0.39, 0.29) is 6.67 Å². The average molecular weight is 242 g/mol. The highest BCUT2D eigenvalue weighted by atomic mass is 127. The van der Waals surface area contributed by atoms with Crippen LogP contribution in [0.15, 0.2) is 12.1 Å². The van der Waals surface area contributed by atoms with Gasteiger partial charge in [-0.15, -0.1) is 11.3 Å². The summed E-state index contributed by atoms with van der Waals surface area (Å²) >= 11 is 3.68. The Morgan fingerprint density at radius 3 is 2.62 bits per heavy atom. The van der Waals surface area contributed by atoms with Gasteiger partial charge in [-0.05, 0) is 34.7 Å². The van der Waals surface area contributed by atoms with E-state index >= 15 is 0 Å². The van der Waals surface area contributed by atoms with Gasteiger partial charge < -0.3 is 0 Å². The molecule has 1 aromatic rings. The normalized spacial score (nSPS) is 9.75. The lowest BCUT2D eigenvalue weighted by Crippen LogP contribution is -1.60. The van der Waals surface area contributed by atoms with E-state index in [9.17, 15) is 4.39 Å². The summed E-state index contributed by atoms with van der Waals surface area (Å²) < 4.78 is 12.9. The molecule has 0 unspecified atom stereocenters. The molecule has 0 nitrogen and oxygen atoms in total. The van der Waals surface area contributed by atoms with Crippen LogP contribution in [0.2, 0.25) is 0 Å². The Labute approximate surface area is 64.9 Å². The summed E-state index contributed by atoms with van der Waals surface area (Å²) in [5.41, 5.74) is 0. The third kappa shape index (κ3) is 1.42. The third-order valence-electron chi connectivity index (χ3n) is 0.761. The van der Waals surface area contributed by atoms with Crippen LogP contribution in [0.5, 0.6) is 0 Å². The van der Waals surface area contributed by atoms with E-state index < -0.39 is 0 Å². The maximum Gasteiger partial charge on any atom is 0.124 e. The second-order valence-corrected chi connectivity index (χ2v) is 4.40. The van der Waals surface area contributed by atoms with Gasteiger partial charge in [0.2, 0.25) is 0 Å². The van der Waals surface area contributed by atoms with Crippen LogP contribution in [0, 0.1) is 2.88 Å². The van der Waals surface area contributed by atoms with Crippen LogP contribution in [-0.4, -0.2) is 0 Å². The number of hydrogen-bond donors (Lipinski definition) is 0. The molecule has 0 saturated carbocycles. The Kier molecular flexibility index (Phi) is 2.25. The third-order valence-corrected chi connectivity index (χ3v) is 2.62. The lowest BCUT2D eigenvalue weighted by Gasteiger charge is -1.77. The molecule has 1 aromatic heterocycles. The zero-order chi connectivity index (χ0) is 5.98. The fourth-order valence-electron chi connectivity index (χ4n) is 0.424. The summed E-state index contributed by atoms with van der Waals surface area (Å²) in [6.07, 6.45) is 0. The summed E-state index contributed by atoms with van der Waals surface area (Å²) in [6, 6.07) is 3.73. The van der Waals surface area contributed by atoms with Crippen LogP contribution in [-0.2, 0) is 6.67 Å². The van der Waals surface area contributed by atoms with Crippen molar-refractivity contribution < 1.29 is 4.39 Å². The van der Waals surface area contributed by atoms with E-state index in [0.717, 1.165) is 7.76 Å². The molecule has 0 amide bonds. The van der Waals surface area contributed by atoms with Gasteiger partial charge in [-0.25, -0.2) is 4.39 Å². The van der Waals surface area contributed by atoms with Crippen molar-refractivity contribution in [2.24, 2.45) is 0 Å². The van der Waals surface area contributed by atoms with Gasteiger partial charge >= 0.3 is 0 Å². The number of hydrogen-bond acceptors (Lipinski definition) is 1. The number of halogens is 2. The molecular weight excluding hydrogens is 238 g/mol. The van der Waals surface area contributed by atoms with Gasteiger partial charge in [-0.3, -0.25) is 0 Å². The summed E-state index contributed by atoms with van der Waals surface area (Å²) in [4.78, 5) is 0.814. The predicted octanol–water partition coefficient (Wildman–Crippen LogP) is 2.82. The predicted molar refractivity (Wildman–Crippen MR) is 41.8 cm³/mol. The summed E-state index contributed by atoms with van der Waals surface area (Å²) in [7, 11) is 0. The molecule has 8 heavy (non-hydrogen) atoms. The summed E-state index contributed by atoms with van der Waals surface area (Å²) in [5, 5.41) is 0. The number of rotatable bonds is 1. The SMILES string of the molecule is FCc1ccc(I)s1. The molecule has 0 atom stereocenters. The molecule has 0 aliphatic heterocycles. The highest BCUT2D eigenvalue weighted by molar-refractivity contribution is 14.1. The minimum atomic E-state index is -0.326. The highest BCUT2D eigenvalue weighted by Crippen LogP contribution is 2.18. The van der Waals surface area contributed by atoms with E-state index in [1.165, 1.54) is 11.3 Å². The molecule has 0 spiro atoms. The maximum absolute atomic E-state index is 11.7. The molecule has 0 aliphatic rings. The molecule has 1 heterocycles. The Balaban J connectivity index is 2.84. The first kappa shape index (κ1) is 6.48. The van der Waals surface area contributed by atoms with Crippen molar-refractivity contribution in [3.05, 3.63) is 19.9 Å². The molecule has 44 valence electrons. The van der Waals surface area contributed by atoms with E-state index in [2.05, 4.69) is 22.6 Å². The summed E-state index contributed by atoms with van der Waals surface area (Å²) in [5.74, 6) is 0.